The molecule has 0 aliphatic carbocycles. The number of benzene rings is 1. The Bertz CT molecular complexity index is 578. The summed E-state index contributed by atoms with van der Waals surface area (Å²) in [6.07, 6.45) is 2.17. The smallest absolute Gasteiger partial charge is 0.323 e. The maximum absolute atomic E-state index is 11.9. The average molecular weight is 273 g/mol. The Morgan fingerprint density at radius 1 is 1.40 bits per heavy atom. The first-order valence-corrected chi connectivity index (χ1v) is 6.51. The lowest BCUT2D eigenvalue weighted by atomic mass is 10.1. The van der Waals surface area contributed by atoms with E-state index in [0.29, 0.717) is 6.42 Å². The van der Waals surface area contributed by atoms with E-state index < -0.39 is 12.0 Å². The quantitative estimate of drug-likeness (QED) is 0.835. The summed E-state index contributed by atoms with van der Waals surface area (Å²) >= 11 is 0. The van der Waals surface area contributed by atoms with Gasteiger partial charge < -0.3 is 10.5 Å². The molecule has 0 amide bonds. The van der Waals surface area contributed by atoms with Crippen LogP contribution < -0.4 is 5.73 Å². The molecule has 0 radical (unpaired) electrons. The Kier molecular flexibility index (Phi) is 4.53. The summed E-state index contributed by atoms with van der Waals surface area (Å²) in [7, 11) is 1.86. The van der Waals surface area contributed by atoms with Crippen LogP contribution in [0.15, 0.2) is 36.5 Å². The van der Waals surface area contributed by atoms with E-state index in [9.17, 15) is 4.79 Å². The summed E-state index contributed by atoms with van der Waals surface area (Å²) in [5.74, 6) is -0.392. The van der Waals surface area contributed by atoms with Gasteiger partial charge in [-0.25, -0.2) is 0 Å². The molecule has 0 aliphatic heterocycles. The summed E-state index contributed by atoms with van der Waals surface area (Å²) < 4.78 is 6.98. The summed E-state index contributed by atoms with van der Waals surface area (Å²) in [5.41, 5.74) is 8.81. The topological polar surface area (TPSA) is 70.1 Å². The third-order valence-corrected chi connectivity index (χ3v) is 3.30. The zero-order valence-corrected chi connectivity index (χ0v) is 11.7. The molecule has 2 rings (SSSR count). The molecule has 0 fully saturated rings. The van der Waals surface area contributed by atoms with Crippen LogP contribution in [0.5, 0.6) is 0 Å². The second-order valence-corrected chi connectivity index (χ2v) is 4.78. The molecule has 2 aromatic rings. The highest BCUT2D eigenvalue weighted by Gasteiger charge is 2.18. The van der Waals surface area contributed by atoms with Crippen LogP contribution in [0, 0.1) is 6.92 Å². The minimum atomic E-state index is -0.665. The van der Waals surface area contributed by atoms with Crippen LogP contribution in [0.2, 0.25) is 0 Å². The summed E-state index contributed by atoms with van der Waals surface area (Å²) in [5, 5.41) is 4.13. The molecule has 5 heteroatoms. The van der Waals surface area contributed by atoms with Gasteiger partial charge in [-0.2, -0.15) is 5.10 Å². The first-order chi connectivity index (χ1) is 9.58. The SMILES string of the molecule is Cc1c(CC(N)C(=O)OCc2ccccc2)cnn1C. The number of aryl methyl sites for hydroxylation is 1. The lowest BCUT2D eigenvalue weighted by Gasteiger charge is -2.11. The molecule has 0 aliphatic rings. The van der Waals surface area contributed by atoms with E-state index in [-0.39, 0.29) is 6.61 Å². The molecule has 106 valence electrons. The van der Waals surface area contributed by atoms with E-state index in [4.69, 9.17) is 10.5 Å². The van der Waals surface area contributed by atoms with Gasteiger partial charge in [0.05, 0.1) is 6.20 Å². The Morgan fingerprint density at radius 3 is 2.70 bits per heavy atom. The van der Waals surface area contributed by atoms with Gasteiger partial charge in [0.2, 0.25) is 0 Å². The largest absolute Gasteiger partial charge is 0.460 e. The van der Waals surface area contributed by atoms with E-state index in [0.717, 1.165) is 16.8 Å². The number of rotatable bonds is 5. The van der Waals surface area contributed by atoms with Crippen molar-refractivity contribution >= 4 is 5.97 Å². The number of esters is 1. The molecular formula is C15H19N3O2. The minimum Gasteiger partial charge on any atom is -0.460 e. The molecule has 20 heavy (non-hydrogen) atoms. The second-order valence-electron chi connectivity index (χ2n) is 4.78. The maximum Gasteiger partial charge on any atom is 0.323 e. The molecule has 0 saturated carbocycles. The molecule has 2 N–H and O–H groups in total. The van der Waals surface area contributed by atoms with Crippen LogP contribution in [-0.4, -0.2) is 21.8 Å². The average Bonchev–Trinajstić information content (AvgIpc) is 2.78. The Morgan fingerprint density at radius 2 is 2.10 bits per heavy atom. The standard InChI is InChI=1S/C15H19N3O2/c1-11-13(9-17-18(11)2)8-14(16)15(19)20-10-12-6-4-3-5-7-12/h3-7,9,14H,8,10,16H2,1-2H3. The van der Waals surface area contributed by atoms with Crippen LogP contribution in [0.25, 0.3) is 0 Å². The zero-order chi connectivity index (χ0) is 14.5. The predicted molar refractivity (Wildman–Crippen MR) is 75.9 cm³/mol. The van der Waals surface area contributed by atoms with Crippen molar-refractivity contribution in [3.63, 3.8) is 0 Å². The fourth-order valence-electron chi connectivity index (χ4n) is 1.90. The Hall–Kier alpha value is -2.14. The van der Waals surface area contributed by atoms with Crippen molar-refractivity contribution in [2.45, 2.75) is 26.0 Å². The molecule has 1 unspecified atom stereocenters. The van der Waals surface area contributed by atoms with E-state index in [1.165, 1.54) is 0 Å². The minimum absolute atomic E-state index is 0.249. The lowest BCUT2D eigenvalue weighted by molar-refractivity contribution is -0.146. The third kappa shape index (κ3) is 3.45. The van der Waals surface area contributed by atoms with Gasteiger partial charge in [0.15, 0.2) is 0 Å². The number of nitrogens with two attached hydrogens (primary N) is 1. The van der Waals surface area contributed by atoms with Gasteiger partial charge in [0.25, 0.3) is 0 Å². The van der Waals surface area contributed by atoms with Crippen molar-refractivity contribution in [2.75, 3.05) is 0 Å². The summed E-state index contributed by atoms with van der Waals surface area (Å²) in [6, 6.07) is 8.88. The molecule has 0 saturated heterocycles. The van der Waals surface area contributed by atoms with Crippen molar-refractivity contribution in [3.8, 4) is 0 Å². The highest BCUT2D eigenvalue weighted by Crippen LogP contribution is 2.09. The molecular weight excluding hydrogens is 254 g/mol. The number of carbonyl (C=O) groups is 1. The number of hydrogen-bond donors (Lipinski definition) is 1. The molecule has 1 heterocycles. The van der Waals surface area contributed by atoms with Crippen molar-refractivity contribution in [3.05, 3.63) is 53.3 Å². The van der Waals surface area contributed by atoms with E-state index in [2.05, 4.69) is 5.10 Å². The van der Waals surface area contributed by atoms with E-state index in [1.54, 1.807) is 10.9 Å². The maximum atomic E-state index is 11.9. The van der Waals surface area contributed by atoms with Crippen LogP contribution in [0.1, 0.15) is 16.8 Å². The fraction of sp³-hybridized carbons (Fsp3) is 0.333. The number of carbonyl (C=O) groups excluding carboxylic acids is 1. The van der Waals surface area contributed by atoms with Crippen LogP contribution in [0.3, 0.4) is 0 Å². The molecule has 1 aromatic heterocycles. The highest BCUT2D eigenvalue weighted by atomic mass is 16.5. The number of nitrogens with zero attached hydrogens (tertiary/aromatic N) is 2. The van der Waals surface area contributed by atoms with E-state index >= 15 is 0 Å². The molecule has 5 nitrogen and oxygen atoms in total. The van der Waals surface area contributed by atoms with Crippen LogP contribution >= 0.6 is 0 Å². The van der Waals surface area contributed by atoms with Crippen LogP contribution in [-0.2, 0) is 29.6 Å². The van der Waals surface area contributed by atoms with Gasteiger partial charge >= 0.3 is 5.97 Å². The number of ether oxygens (including phenoxy) is 1. The monoisotopic (exact) mass is 273 g/mol. The number of aromatic nitrogens is 2. The summed E-state index contributed by atoms with van der Waals surface area (Å²) in [4.78, 5) is 11.9. The van der Waals surface area contributed by atoms with Crippen molar-refractivity contribution in [1.82, 2.24) is 9.78 Å². The van der Waals surface area contributed by atoms with Crippen molar-refractivity contribution < 1.29 is 9.53 Å². The first kappa shape index (κ1) is 14.3. The summed E-state index contributed by atoms with van der Waals surface area (Å²) in [6.45, 7) is 2.20. The van der Waals surface area contributed by atoms with Gasteiger partial charge in [-0.05, 0) is 18.1 Å². The molecule has 0 bridgehead atoms. The highest BCUT2D eigenvalue weighted by molar-refractivity contribution is 5.75. The van der Waals surface area contributed by atoms with Crippen molar-refractivity contribution in [1.29, 1.82) is 0 Å². The van der Waals surface area contributed by atoms with Gasteiger partial charge in [-0.15, -0.1) is 0 Å². The molecule has 0 spiro atoms. The van der Waals surface area contributed by atoms with Gasteiger partial charge in [-0.3, -0.25) is 9.48 Å². The Balaban J connectivity index is 1.88. The first-order valence-electron chi connectivity index (χ1n) is 6.51. The normalized spacial score (nSPS) is 12.2. The van der Waals surface area contributed by atoms with Crippen LogP contribution in [0.4, 0.5) is 0 Å². The van der Waals surface area contributed by atoms with Gasteiger partial charge in [0, 0.05) is 19.2 Å². The van der Waals surface area contributed by atoms with E-state index in [1.807, 2.05) is 44.3 Å². The molecule has 1 aromatic carbocycles. The van der Waals surface area contributed by atoms with Gasteiger partial charge in [0.1, 0.15) is 12.6 Å². The van der Waals surface area contributed by atoms with Crippen molar-refractivity contribution in [2.24, 2.45) is 12.8 Å². The van der Waals surface area contributed by atoms with Gasteiger partial charge in [-0.1, -0.05) is 30.3 Å². The second kappa shape index (κ2) is 6.34. The third-order valence-electron chi connectivity index (χ3n) is 3.30. The predicted octanol–water partition coefficient (Wildman–Crippen LogP) is 1.34. The lowest BCUT2D eigenvalue weighted by Crippen LogP contribution is -2.34. The Labute approximate surface area is 118 Å². The fourth-order valence-corrected chi connectivity index (χ4v) is 1.90. The zero-order valence-electron chi connectivity index (χ0n) is 11.7. The number of hydrogen-bond acceptors (Lipinski definition) is 4. The molecule has 1 atom stereocenters.